The predicted molar refractivity (Wildman–Crippen MR) is 358 cm³/mol. The number of esters is 3. The van der Waals surface area contributed by atoms with E-state index in [0.29, 0.717) is 19.3 Å². The SMILES string of the molecule is CC/C=C\C/C=C\C/C=C\C/C=C\C/C=C\C/C=C\CCCCCCCCCCC(=O)OCC(COC(=O)CCCCCCC/C=C\CCCCCCCC)OC(=O)CCCCCCCCCCCCCCCCCCCCCCCC. The second-order valence-electron chi connectivity index (χ2n) is 23.8. The molecule has 0 aromatic carbocycles. The molecule has 0 rings (SSSR count). The van der Waals surface area contributed by atoms with Gasteiger partial charge in [-0.15, -0.1) is 0 Å². The minimum atomic E-state index is -0.784. The van der Waals surface area contributed by atoms with Crippen molar-refractivity contribution in [3.05, 3.63) is 85.1 Å². The van der Waals surface area contributed by atoms with Gasteiger partial charge in [-0.3, -0.25) is 14.4 Å². The van der Waals surface area contributed by atoms with E-state index in [2.05, 4.69) is 106 Å². The largest absolute Gasteiger partial charge is 0.462 e. The van der Waals surface area contributed by atoms with E-state index < -0.39 is 6.10 Å². The van der Waals surface area contributed by atoms with Crippen molar-refractivity contribution in [1.29, 1.82) is 0 Å². The topological polar surface area (TPSA) is 78.9 Å². The highest BCUT2D eigenvalue weighted by molar-refractivity contribution is 5.71. The molecule has 0 aromatic heterocycles. The summed E-state index contributed by atoms with van der Waals surface area (Å²) in [5.74, 6) is -0.875. The molecule has 6 heteroatoms. The van der Waals surface area contributed by atoms with Crippen molar-refractivity contribution in [1.82, 2.24) is 0 Å². The average molecular weight is 1140 g/mol. The Morgan fingerprint density at radius 1 is 0.256 bits per heavy atom. The van der Waals surface area contributed by atoms with Crippen molar-refractivity contribution in [2.24, 2.45) is 0 Å². The van der Waals surface area contributed by atoms with E-state index in [9.17, 15) is 14.4 Å². The first-order valence-electron chi connectivity index (χ1n) is 35.6. The molecule has 0 fully saturated rings. The van der Waals surface area contributed by atoms with Crippen molar-refractivity contribution >= 4 is 17.9 Å². The molecule has 0 saturated heterocycles. The molecule has 1 atom stereocenters. The Hall–Kier alpha value is -3.41. The second-order valence-corrected chi connectivity index (χ2v) is 23.8. The van der Waals surface area contributed by atoms with Crippen molar-refractivity contribution < 1.29 is 28.6 Å². The van der Waals surface area contributed by atoms with E-state index in [1.165, 1.54) is 212 Å². The fourth-order valence-corrected chi connectivity index (χ4v) is 10.3. The number of hydrogen-bond donors (Lipinski definition) is 0. The first-order valence-corrected chi connectivity index (χ1v) is 35.6. The monoisotopic (exact) mass is 1140 g/mol. The summed E-state index contributed by atoms with van der Waals surface area (Å²) >= 11 is 0. The van der Waals surface area contributed by atoms with E-state index >= 15 is 0 Å². The van der Waals surface area contributed by atoms with Crippen LogP contribution in [0.2, 0.25) is 0 Å². The molecule has 0 bridgehead atoms. The zero-order chi connectivity index (χ0) is 59.2. The number of carbonyl (C=O) groups is 3. The number of allylic oxidation sites excluding steroid dienone is 14. The predicted octanol–water partition coefficient (Wildman–Crippen LogP) is 24.6. The summed E-state index contributed by atoms with van der Waals surface area (Å²) in [5, 5.41) is 0. The third-order valence-electron chi connectivity index (χ3n) is 15.6. The smallest absolute Gasteiger partial charge is 0.306 e. The molecule has 0 radical (unpaired) electrons. The molecule has 474 valence electrons. The highest BCUT2D eigenvalue weighted by Crippen LogP contribution is 2.18. The van der Waals surface area contributed by atoms with Gasteiger partial charge >= 0.3 is 17.9 Å². The Bertz CT molecular complexity index is 1550. The van der Waals surface area contributed by atoms with E-state index in [1.54, 1.807) is 0 Å². The van der Waals surface area contributed by atoms with Crippen LogP contribution < -0.4 is 0 Å². The van der Waals surface area contributed by atoms with Gasteiger partial charge in [-0.1, -0.05) is 331 Å². The molecule has 1 unspecified atom stereocenters. The van der Waals surface area contributed by atoms with Crippen LogP contribution in [0.5, 0.6) is 0 Å². The molecule has 0 aromatic rings. The van der Waals surface area contributed by atoms with Gasteiger partial charge in [-0.2, -0.15) is 0 Å². The van der Waals surface area contributed by atoms with E-state index in [0.717, 1.165) is 109 Å². The fourth-order valence-electron chi connectivity index (χ4n) is 10.3. The molecule has 0 N–H and O–H groups in total. The van der Waals surface area contributed by atoms with Crippen LogP contribution in [0.3, 0.4) is 0 Å². The molecule has 0 aliphatic carbocycles. The molecular weight excluding hydrogens is 1010 g/mol. The van der Waals surface area contributed by atoms with Crippen molar-refractivity contribution in [2.45, 2.75) is 367 Å². The molecule has 0 spiro atoms. The van der Waals surface area contributed by atoms with Gasteiger partial charge in [0, 0.05) is 19.3 Å². The molecule has 0 heterocycles. The highest BCUT2D eigenvalue weighted by Gasteiger charge is 2.19. The van der Waals surface area contributed by atoms with Crippen molar-refractivity contribution in [2.75, 3.05) is 13.2 Å². The lowest BCUT2D eigenvalue weighted by Crippen LogP contribution is -2.30. The minimum absolute atomic E-state index is 0.0797. The number of unbranched alkanes of at least 4 members (excludes halogenated alkanes) is 40. The van der Waals surface area contributed by atoms with Gasteiger partial charge < -0.3 is 14.2 Å². The summed E-state index contributed by atoms with van der Waals surface area (Å²) in [4.78, 5) is 38.5. The Morgan fingerprint density at radius 3 is 0.756 bits per heavy atom. The van der Waals surface area contributed by atoms with Crippen LogP contribution in [0.4, 0.5) is 0 Å². The maximum Gasteiger partial charge on any atom is 0.306 e. The number of ether oxygens (including phenoxy) is 3. The molecule has 0 saturated carbocycles. The molecule has 0 amide bonds. The van der Waals surface area contributed by atoms with Gasteiger partial charge in [0.1, 0.15) is 13.2 Å². The zero-order valence-corrected chi connectivity index (χ0v) is 54.5. The highest BCUT2D eigenvalue weighted by atomic mass is 16.6. The summed E-state index contributed by atoms with van der Waals surface area (Å²) in [6.45, 7) is 6.56. The summed E-state index contributed by atoms with van der Waals surface area (Å²) < 4.78 is 17.0. The van der Waals surface area contributed by atoms with E-state index in [-0.39, 0.29) is 31.1 Å². The standard InChI is InChI=1S/C76H134O6/c1-4-7-10-13-16-19-22-25-28-30-32-34-36-37-38-39-40-42-43-45-48-51-54-57-60-63-66-69-75(78)81-72-73(71-80-74(77)68-65-62-59-56-53-50-47-27-24-21-18-15-12-9-6-3)82-76(79)70-67-64-61-58-55-52-49-46-44-41-35-33-31-29-26-23-20-17-14-11-8-5-2/h7,10,16,19,25,27-28,32,34,37-38,40,42,47,73H,4-6,8-9,11-15,17-18,20-24,26,29-31,33,35-36,39,41,43-46,48-72H2,1-3H3/b10-7-,19-16-,28-25-,34-32-,38-37-,42-40-,47-27-. The van der Waals surface area contributed by atoms with Crippen molar-refractivity contribution in [3.63, 3.8) is 0 Å². The van der Waals surface area contributed by atoms with Crippen LogP contribution in [-0.4, -0.2) is 37.2 Å². The zero-order valence-electron chi connectivity index (χ0n) is 54.5. The maximum absolute atomic E-state index is 13.0. The lowest BCUT2D eigenvalue weighted by Gasteiger charge is -2.18. The van der Waals surface area contributed by atoms with Crippen LogP contribution in [0, 0.1) is 0 Å². The number of rotatable bonds is 65. The third kappa shape index (κ3) is 67.4. The van der Waals surface area contributed by atoms with Crippen LogP contribution in [0.15, 0.2) is 85.1 Å². The van der Waals surface area contributed by atoms with Gasteiger partial charge in [-0.25, -0.2) is 0 Å². The quantitative estimate of drug-likeness (QED) is 0.0261. The van der Waals surface area contributed by atoms with E-state index in [1.807, 2.05) is 0 Å². The van der Waals surface area contributed by atoms with Gasteiger partial charge in [-0.05, 0) is 96.3 Å². The first-order chi connectivity index (χ1) is 40.5. The normalized spacial score (nSPS) is 12.6. The van der Waals surface area contributed by atoms with Crippen LogP contribution in [0.25, 0.3) is 0 Å². The summed E-state index contributed by atoms with van der Waals surface area (Å²) in [6, 6.07) is 0. The van der Waals surface area contributed by atoms with Gasteiger partial charge in [0.15, 0.2) is 6.10 Å². The van der Waals surface area contributed by atoms with E-state index in [4.69, 9.17) is 14.2 Å². The lowest BCUT2D eigenvalue weighted by atomic mass is 10.0. The summed E-state index contributed by atoms with van der Waals surface area (Å²) in [5.41, 5.74) is 0. The van der Waals surface area contributed by atoms with Gasteiger partial charge in [0.2, 0.25) is 0 Å². The van der Waals surface area contributed by atoms with Crippen LogP contribution in [0.1, 0.15) is 361 Å². The van der Waals surface area contributed by atoms with Gasteiger partial charge in [0.25, 0.3) is 0 Å². The van der Waals surface area contributed by atoms with Gasteiger partial charge in [0.05, 0.1) is 0 Å². The summed E-state index contributed by atoms with van der Waals surface area (Å²) in [6.07, 6.45) is 93.2. The summed E-state index contributed by atoms with van der Waals surface area (Å²) in [7, 11) is 0. The molecule has 6 nitrogen and oxygen atoms in total. The first kappa shape index (κ1) is 78.6. The molecular formula is C76H134O6. The fraction of sp³-hybridized carbons (Fsp3) is 0.776. The number of hydrogen-bond acceptors (Lipinski definition) is 6. The molecule has 0 aliphatic rings. The average Bonchev–Trinajstić information content (AvgIpc) is 3.47. The molecule has 0 aliphatic heterocycles. The number of carbonyl (C=O) groups excluding carboxylic acids is 3. The Balaban J connectivity index is 4.33. The molecule has 82 heavy (non-hydrogen) atoms. The minimum Gasteiger partial charge on any atom is -0.462 e. The Kier molecular flexibility index (Phi) is 67.2. The van der Waals surface area contributed by atoms with Crippen molar-refractivity contribution in [3.8, 4) is 0 Å². The maximum atomic E-state index is 13.0. The third-order valence-corrected chi connectivity index (χ3v) is 15.6. The Morgan fingerprint density at radius 2 is 0.476 bits per heavy atom. The van der Waals surface area contributed by atoms with Crippen LogP contribution in [-0.2, 0) is 28.6 Å². The lowest BCUT2D eigenvalue weighted by molar-refractivity contribution is -0.167. The Labute approximate surface area is 509 Å². The van der Waals surface area contributed by atoms with Crippen LogP contribution >= 0.6 is 0 Å². The second kappa shape index (κ2) is 70.1.